The summed E-state index contributed by atoms with van der Waals surface area (Å²) in [7, 11) is 1.93. The first-order valence-corrected chi connectivity index (χ1v) is 10.2. The molecule has 140 valence electrons. The number of aromatic nitrogens is 3. The molecule has 1 amide bonds. The van der Waals surface area contributed by atoms with Crippen LogP contribution >= 0.6 is 23.1 Å². The van der Waals surface area contributed by atoms with Crippen molar-refractivity contribution in [3.05, 3.63) is 52.0 Å². The van der Waals surface area contributed by atoms with E-state index in [9.17, 15) is 4.79 Å². The number of thioether (sulfide) groups is 1. The van der Waals surface area contributed by atoms with E-state index in [1.165, 1.54) is 16.6 Å². The molecular formula is C18H18N4O3S2. The molecule has 1 aliphatic heterocycles. The molecule has 0 saturated heterocycles. The Morgan fingerprint density at radius 1 is 1.30 bits per heavy atom. The van der Waals surface area contributed by atoms with E-state index in [2.05, 4.69) is 21.6 Å². The number of ether oxygens (including phenoxy) is 2. The molecule has 0 bridgehead atoms. The number of amides is 1. The van der Waals surface area contributed by atoms with Gasteiger partial charge in [-0.3, -0.25) is 4.79 Å². The highest BCUT2D eigenvalue weighted by Gasteiger charge is 2.14. The van der Waals surface area contributed by atoms with E-state index in [1.54, 1.807) is 11.3 Å². The van der Waals surface area contributed by atoms with Gasteiger partial charge in [-0.15, -0.1) is 21.5 Å². The van der Waals surface area contributed by atoms with Crippen LogP contribution in [-0.2, 0) is 24.8 Å². The predicted molar refractivity (Wildman–Crippen MR) is 103 cm³/mol. The molecule has 2 aromatic heterocycles. The second-order valence-corrected chi connectivity index (χ2v) is 7.94. The van der Waals surface area contributed by atoms with Crippen LogP contribution in [0.15, 0.2) is 40.9 Å². The molecule has 27 heavy (non-hydrogen) atoms. The summed E-state index contributed by atoms with van der Waals surface area (Å²) >= 11 is 3.08. The summed E-state index contributed by atoms with van der Waals surface area (Å²) in [4.78, 5) is 13.4. The minimum Gasteiger partial charge on any atom is -0.454 e. The Morgan fingerprint density at radius 2 is 2.19 bits per heavy atom. The lowest BCUT2D eigenvalue weighted by Crippen LogP contribution is -2.24. The van der Waals surface area contributed by atoms with Crippen molar-refractivity contribution in [2.24, 2.45) is 7.05 Å². The van der Waals surface area contributed by atoms with Crippen LogP contribution in [0.3, 0.4) is 0 Å². The summed E-state index contributed by atoms with van der Waals surface area (Å²) in [6.45, 7) is 0.687. The van der Waals surface area contributed by atoms with Crippen molar-refractivity contribution in [2.75, 3.05) is 12.5 Å². The molecule has 1 aromatic carbocycles. The number of carbonyl (C=O) groups excluding carboxylic acids is 1. The fraction of sp³-hybridized carbons (Fsp3) is 0.278. The van der Waals surface area contributed by atoms with E-state index < -0.39 is 0 Å². The first kappa shape index (κ1) is 17.9. The minimum atomic E-state index is -0.0551. The molecule has 0 fully saturated rings. The van der Waals surface area contributed by atoms with E-state index in [0.717, 1.165) is 28.7 Å². The van der Waals surface area contributed by atoms with E-state index in [1.807, 2.05) is 41.3 Å². The van der Waals surface area contributed by atoms with Gasteiger partial charge in [0.25, 0.3) is 0 Å². The lowest BCUT2D eigenvalue weighted by atomic mass is 10.2. The maximum Gasteiger partial charge on any atom is 0.231 e. The zero-order chi connectivity index (χ0) is 18.6. The van der Waals surface area contributed by atoms with Crippen molar-refractivity contribution in [3.8, 4) is 11.5 Å². The van der Waals surface area contributed by atoms with Crippen molar-refractivity contribution < 1.29 is 14.3 Å². The Morgan fingerprint density at radius 3 is 3.04 bits per heavy atom. The van der Waals surface area contributed by atoms with Crippen LogP contribution in [0, 0.1) is 0 Å². The van der Waals surface area contributed by atoms with Crippen molar-refractivity contribution in [2.45, 2.75) is 18.1 Å². The largest absolute Gasteiger partial charge is 0.454 e. The van der Waals surface area contributed by atoms with Crippen LogP contribution in [0.5, 0.6) is 11.5 Å². The molecule has 0 spiro atoms. The molecule has 0 atom stereocenters. The van der Waals surface area contributed by atoms with Gasteiger partial charge in [-0.05, 0) is 29.1 Å². The lowest BCUT2D eigenvalue weighted by Gasteiger charge is -2.06. The number of nitrogens with one attached hydrogen (secondary N) is 1. The average Bonchev–Trinajstić information content (AvgIpc) is 3.41. The summed E-state index contributed by atoms with van der Waals surface area (Å²) in [6, 6.07) is 9.76. The first-order valence-electron chi connectivity index (χ1n) is 8.38. The summed E-state index contributed by atoms with van der Waals surface area (Å²) < 4.78 is 12.6. The molecule has 1 aliphatic rings. The second-order valence-electron chi connectivity index (χ2n) is 5.97. The Labute approximate surface area is 164 Å². The average molecular weight is 403 g/mol. The van der Waals surface area contributed by atoms with Crippen LogP contribution in [-0.4, -0.2) is 33.2 Å². The van der Waals surface area contributed by atoms with Crippen LogP contribution in [0.2, 0.25) is 0 Å². The van der Waals surface area contributed by atoms with E-state index in [-0.39, 0.29) is 18.5 Å². The maximum absolute atomic E-state index is 12.2. The first-order chi connectivity index (χ1) is 13.2. The fourth-order valence-electron chi connectivity index (χ4n) is 2.63. The number of hydrogen-bond acceptors (Lipinski definition) is 7. The van der Waals surface area contributed by atoms with Gasteiger partial charge in [-0.25, -0.2) is 0 Å². The van der Waals surface area contributed by atoms with Gasteiger partial charge < -0.3 is 19.4 Å². The number of fused-ring (bicyclic) bond motifs is 1. The molecule has 1 N–H and O–H groups in total. The number of benzene rings is 1. The van der Waals surface area contributed by atoms with Crippen molar-refractivity contribution in [1.82, 2.24) is 20.1 Å². The monoisotopic (exact) mass is 402 g/mol. The summed E-state index contributed by atoms with van der Waals surface area (Å²) in [5, 5.41) is 14.1. The Kier molecular flexibility index (Phi) is 5.30. The number of carbonyl (C=O) groups is 1. The maximum atomic E-state index is 12.2. The molecule has 7 nitrogen and oxygen atoms in total. The number of nitrogens with zero attached hydrogens (tertiary/aromatic N) is 3. The molecule has 9 heteroatoms. The smallest absolute Gasteiger partial charge is 0.231 e. The van der Waals surface area contributed by atoms with Gasteiger partial charge in [0.2, 0.25) is 12.7 Å². The van der Waals surface area contributed by atoms with E-state index in [0.29, 0.717) is 12.3 Å². The van der Waals surface area contributed by atoms with Gasteiger partial charge in [0.05, 0.1) is 5.75 Å². The molecule has 0 radical (unpaired) electrons. The van der Waals surface area contributed by atoms with Crippen molar-refractivity contribution in [3.63, 3.8) is 0 Å². The normalized spacial score (nSPS) is 12.3. The third-order valence-electron chi connectivity index (χ3n) is 4.10. The Balaban J connectivity index is 1.27. The van der Waals surface area contributed by atoms with Crippen LogP contribution in [0.1, 0.15) is 16.3 Å². The van der Waals surface area contributed by atoms with Gasteiger partial charge in [-0.2, -0.15) is 0 Å². The van der Waals surface area contributed by atoms with E-state index >= 15 is 0 Å². The minimum absolute atomic E-state index is 0.0551. The zero-order valence-electron chi connectivity index (χ0n) is 14.7. The Hall–Kier alpha value is -2.52. The summed E-state index contributed by atoms with van der Waals surface area (Å²) in [6.07, 6.45) is 0.748. The third-order valence-corrected chi connectivity index (χ3v) is 5.99. The molecule has 3 heterocycles. The van der Waals surface area contributed by atoms with Gasteiger partial charge >= 0.3 is 0 Å². The number of hydrogen-bond donors (Lipinski definition) is 1. The van der Waals surface area contributed by atoms with Crippen LogP contribution in [0.4, 0.5) is 0 Å². The number of thiophene rings is 1. The fourth-order valence-corrected chi connectivity index (χ4v) is 4.09. The second kappa shape index (κ2) is 8.01. The third kappa shape index (κ3) is 4.25. The highest BCUT2D eigenvalue weighted by Crippen LogP contribution is 2.32. The quantitative estimate of drug-likeness (QED) is 0.612. The number of rotatable bonds is 7. The van der Waals surface area contributed by atoms with Crippen LogP contribution < -0.4 is 14.8 Å². The molecule has 0 saturated carbocycles. The van der Waals surface area contributed by atoms with Gasteiger partial charge in [-0.1, -0.05) is 23.9 Å². The summed E-state index contributed by atoms with van der Waals surface area (Å²) in [5.41, 5.74) is 0.967. The molecule has 3 aromatic rings. The topological polar surface area (TPSA) is 78.3 Å². The van der Waals surface area contributed by atoms with Crippen molar-refractivity contribution in [1.29, 1.82) is 0 Å². The SMILES string of the molecule is Cn1c(Cc2cccs2)nnc1SCC(=O)NCc1ccc2c(c1)OCO2. The zero-order valence-corrected chi connectivity index (χ0v) is 16.3. The molecular weight excluding hydrogens is 384 g/mol. The molecule has 0 unspecified atom stereocenters. The Bertz CT molecular complexity index is 940. The molecule has 4 rings (SSSR count). The standard InChI is InChI=1S/C18H18N4O3S2/c1-22-16(8-13-3-2-6-26-13)20-21-18(22)27-10-17(23)19-9-12-4-5-14-15(7-12)25-11-24-14/h2-7H,8-11H2,1H3,(H,19,23). The highest BCUT2D eigenvalue weighted by atomic mass is 32.2. The highest BCUT2D eigenvalue weighted by molar-refractivity contribution is 7.99. The van der Waals surface area contributed by atoms with Gasteiger partial charge in [0.1, 0.15) is 5.82 Å². The predicted octanol–water partition coefficient (Wildman–Crippen LogP) is 2.60. The molecule has 0 aliphatic carbocycles. The van der Waals surface area contributed by atoms with Crippen LogP contribution in [0.25, 0.3) is 0 Å². The lowest BCUT2D eigenvalue weighted by molar-refractivity contribution is -0.118. The summed E-state index contributed by atoms with van der Waals surface area (Å²) in [5.74, 6) is 2.58. The van der Waals surface area contributed by atoms with E-state index in [4.69, 9.17) is 9.47 Å². The van der Waals surface area contributed by atoms with Gasteiger partial charge in [0.15, 0.2) is 16.7 Å². The van der Waals surface area contributed by atoms with Gasteiger partial charge in [0, 0.05) is 24.9 Å². The van der Waals surface area contributed by atoms with Crippen molar-refractivity contribution >= 4 is 29.0 Å².